The summed E-state index contributed by atoms with van der Waals surface area (Å²) in [6.45, 7) is 1.07. The fourth-order valence-corrected chi connectivity index (χ4v) is 1.95. The number of furan rings is 2. The molecule has 0 aromatic carbocycles. The lowest BCUT2D eigenvalue weighted by Crippen LogP contribution is -2.41. The van der Waals surface area contributed by atoms with Crippen molar-refractivity contribution >= 4 is 12.1 Å². The molecule has 2 aromatic heterocycles. The second-order valence-electron chi connectivity index (χ2n) is 4.29. The molecule has 2 aromatic rings. The standard InChI is InChI=1S/C13H13N3O4/c17-12-14-5-6-16(12)13(18)15-8-9-3-4-11(20-9)10-2-1-7-19-10/h1-4,7H,5-6,8H2,(H,14,17)(H,15,18). The molecule has 0 atom stereocenters. The smallest absolute Gasteiger partial charge is 0.325 e. The molecule has 20 heavy (non-hydrogen) atoms. The predicted octanol–water partition coefficient (Wildman–Crippen LogP) is 1.77. The number of hydrogen-bond acceptors (Lipinski definition) is 4. The van der Waals surface area contributed by atoms with Crippen LogP contribution in [0, 0.1) is 0 Å². The molecule has 1 saturated heterocycles. The molecule has 104 valence electrons. The molecule has 0 aliphatic carbocycles. The summed E-state index contributed by atoms with van der Waals surface area (Å²) in [5.41, 5.74) is 0. The van der Waals surface area contributed by atoms with E-state index in [0.29, 0.717) is 30.4 Å². The van der Waals surface area contributed by atoms with E-state index in [-0.39, 0.29) is 12.6 Å². The Hall–Kier alpha value is -2.70. The summed E-state index contributed by atoms with van der Waals surface area (Å²) in [5.74, 6) is 1.81. The maximum atomic E-state index is 11.8. The van der Waals surface area contributed by atoms with Crippen LogP contribution in [-0.4, -0.2) is 30.1 Å². The minimum absolute atomic E-state index is 0.212. The van der Waals surface area contributed by atoms with Crippen molar-refractivity contribution < 1.29 is 18.4 Å². The first-order valence-corrected chi connectivity index (χ1v) is 6.20. The highest BCUT2D eigenvalue weighted by Gasteiger charge is 2.25. The zero-order valence-corrected chi connectivity index (χ0v) is 10.6. The molecule has 0 spiro atoms. The molecule has 0 unspecified atom stereocenters. The van der Waals surface area contributed by atoms with Crippen molar-refractivity contribution in [3.8, 4) is 11.5 Å². The van der Waals surface area contributed by atoms with Crippen LogP contribution in [0.4, 0.5) is 9.59 Å². The Morgan fingerprint density at radius 2 is 2.25 bits per heavy atom. The van der Waals surface area contributed by atoms with Crippen molar-refractivity contribution in [1.29, 1.82) is 0 Å². The monoisotopic (exact) mass is 275 g/mol. The number of amides is 4. The zero-order valence-electron chi connectivity index (χ0n) is 10.6. The van der Waals surface area contributed by atoms with Gasteiger partial charge in [0.15, 0.2) is 11.5 Å². The molecule has 1 fully saturated rings. The van der Waals surface area contributed by atoms with E-state index in [4.69, 9.17) is 8.83 Å². The van der Waals surface area contributed by atoms with Gasteiger partial charge in [-0.15, -0.1) is 0 Å². The number of hydrogen-bond donors (Lipinski definition) is 2. The minimum Gasteiger partial charge on any atom is -0.461 e. The van der Waals surface area contributed by atoms with Gasteiger partial charge in [0.25, 0.3) is 0 Å². The Morgan fingerprint density at radius 3 is 2.95 bits per heavy atom. The summed E-state index contributed by atoms with van der Waals surface area (Å²) in [6, 6.07) is 6.26. The zero-order chi connectivity index (χ0) is 13.9. The summed E-state index contributed by atoms with van der Waals surface area (Å²) in [6.07, 6.45) is 1.56. The van der Waals surface area contributed by atoms with Crippen LogP contribution in [-0.2, 0) is 6.54 Å². The third-order valence-corrected chi connectivity index (χ3v) is 2.94. The van der Waals surface area contributed by atoms with Crippen LogP contribution in [0.2, 0.25) is 0 Å². The molecule has 1 aliphatic rings. The third-order valence-electron chi connectivity index (χ3n) is 2.94. The molecule has 0 radical (unpaired) electrons. The summed E-state index contributed by atoms with van der Waals surface area (Å²) in [4.78, 5) is 24.2. The molecular formula is C13H13N3O4. The normalized spacial score (nSPS) is 14.4. The summed E-state index contributed by atoms with van der Waals surface area (Å²) < 4.78 is 10.8. The highest BCUT2D eigenvalue weighted by atomic mass is 16.4. The Balaban J connectivity index is 1.59. The van der Waals surface area contributed by atoms with Gasteiger partial charge < -0.3 is 19.5 Å². The van der Waals surface area contributed by atoms with Crippen LogP contribution in [0.3, 0.4) is 0 Å². The molecule has 7 nitrogen and oxygen atoms in total. The van der Waals surface area contributed by atoms with Crippen molar-refractivity contribution in [2.75, 3.05) is 13.1 Å². The van der Waals surface area contributed by atoms with Crippen molar-refractivity contribution in [2.24, 2.45) is 0 Å². The fraction of sp³-hybridized carbons (Fsp3) is 0.231. The number of urea groups is 2. The van der Waals surface area contributed by atoms with Crippen molar-refractivity contribution in [3.05, 3.63) is 36.3 Å². The lowest BCUT2D eigenvalue weighted by atomic mass is 10.3. The van der Waals surface area contributed by atoms with Crippen LogP contribution in [0.5, 0.6) is 0 Å². The van der Waals surface area contributed by atoms with E-state index in [1.807, 2.05) is 0 Å². The van der Waals surface area contributed by atoms with Crippen LogP contribution in [0.1, 0.15) is 5.76 Å². The summed E-state index contributed by atoms with van der Waals surface area (Å²) in [7, 11) is 0. The second-order valence-corrected chi connectivity index (χ2v) is 4.29. The van der Waals surface area contributed by atoms with Crippen LogP contribution < -0.4 is 10.6 Å². The van der Waals surface area contributed by atoms with Gasteiger partial charge in [-0.1, -0.05) is 0 Å². The first kappa shape index (κ1) is 12.3. The number of carbonyl (C=O) groups is 2. The molecule has 0 bridgehead atoms. The third kappa shape index (κ3) is 2.37. The highest BCUT2D eigenvalue weighted by Crippen LogP contribution is 2.22. The van der Waals surface area contributed by atoms with Gasteiger partial charge in [0, 0.05) is 13.1 Å². The molecule has 2 N–H and O–H groups in total. The Morgan fingerprint density at radius 1 is 1.35 bits per heavy atom. The van der Waals surface area contributed by atoms with Crippen LogP contribution in [0.25, 0.3) is 11.5 Å². The van der Waals surface area contributed by atoms with E-state index >= 15 is 0 Å². The van der Waals surface area contributed by atoms with Crippen molar-refractivity contribution in [2.45, 2.75) is 6.54 Å². The SMILES string of the molecule is O=C1NCCN1C(=O)NCc1ccc(-c2ccco2)o1. The fourth-order valence-electron chi connectivity index (χ4n) is 1.95. The summed E-state index contributed by atoms with van der Waals surface area (Å²) in [5, 5.41) is 5.19. The number of nitrogens with zero attached hydrogens (tertiary/aromatic N) is 1. The van der Waals surface area contributed by atoms with Crippen LogP contribution in [0.15, 0.2) is 39.4 Å². The predicted molar refractivity (Wildman–Crippen MR) is 68.8 cm³/mol. The van der Waals surface area contributed by atoms with Crippen molar-refractivity contribution in [1.82, 2.24) is 15.5 Å². The van der Waals surface area contributed by atoms with Gasteiger partial charge >= 0.3 is 12.1 Å². The quantitative estimate of drug-likeness (QED) is 0.893. The average Bonchev–Trinajstić information content (AvgIpc) is 3.16. The number of rotatable bonds is 3. The molecule has 3 heterocycles. The average molecular weight is 275 g/mol. The second kappa shape index (κ2) is 5.12. The molecule has 1 aliphatic heterocycles. The Bertz CT molecular complexity index is 617. The number of nitrogens with one attached hydrogen (secondary N) is 2. The van der Waals surface area contributed by atoms with Gasteiger partial charge in [0.2, 0.25) is 0 Å². The van der Waals surface area contributed by atoms with E-state index in [1.165, 1.54) is 0 Å². The molecule has 3 rings (SSSR count). The van der Waals surface area contributed by atoms with E-state index in [1.54, 1.807) is 30.5 Å². The number of carbonyl (C=O) groups excluding carboxylic acids is 2. The van der Waals surface area contributed by atoms with Gasteiger partial charge in [-0.3, -0.25) is 0 Å². The lowest BCUT2D eigenvalue weighted by Gasteiger charge is -2.12. The largest absolute Gasteiger partial charge is 0.461 e. The molecule has 7 heteroatoms. The topological polar surface area (TPSA) is 87.7 Å². The van der Waals surface area contributed by atoms with Crippen molar-refractivity contribution in [3.63, 3.8) is 0 Å². The summed E-state index contributed by atoms with van der Waals surface area (Å²) >= 11 is 0. The Labute approximate surface area is 114 Å². The first-order chi connectivity index (χ1) is 9.74. The molecule has 0 saturated carbocycles. The van der Waals surface area contributed by atoms with Gasteiger partial charge in [-0.25, -0.2) is 14.5 Å². The van der Waals surface area contributed by atoms with Gasteiger partial charge in [-0.2, -0.15) is 0 Å². The Kier molecular flexibility index (Phi) is 3.16. The van der Waals surface area contributed by atoms with Crippen LogP contribution >= 0.6 is 0 Å². The molecular weight excluding hydrogens is 262 g/mol. The van der Waals surface area contributed by atoms with Gasteiger partial charge in [-0.05, 0) is 24.3 Å². The van der Waals surface area contributed by atoms with E-state index in [9.17, 15) is 9.59 Å². The first-order valence-electron chi connectivity index (χ1n) is 6.20. The van der Waals surface area contributed by atoms with E-state index < -0.39 is 6.03 Å². The lowest BCUT2D eigenvalue weighted by molar-refractivity contribution is 0.198. The maximum absolute atomic E-state index is 11.8. The minimum atomic E-state index is -0.434. The highest BCUT2D eigenvalue weighted by molar-refractivity contribution is 5.94. The van der Waals surface area contributed by atoms with Gasteiger partial charge in [0.05, 0.1) is 12.8 Å². The van der Waals surface area contributed by atoms with Gasteiger partial charge in [0.1, 0.15) is 5.76 Å². The number of imide groups is 1. The van der Waals surface area contributed by atoms with E-state index in [0.717, 1.165) is 4.90 Å². The van der Waals surface area contributed by atoms with E-state index in [2.05, 4.69) is 10.6 Å². The molecule has 4 amide bonds. The maximum Gasteiger partial charge on any atom is 0.325 e.